The lowest BCUT2D eigenvalue weighted by Crippen LogP contribution is -2.59. The van der Waals surface area contributed by atoms with Gasteiger partial charge >= 0.3 is 11.9 Å². The van der Waals surface area contributed by atoms with Crippen LogP contribution in [0.5, 0.6) is 5.75 Å². The van der Waals surface area contributed by atoms with Crippen LogP contribution in [0.3, 0.4) is 0 Å². The summed E-state index contributed by atoms with van der Waals surface area (Å²) in [7, 11) is 0. The summed E-state index contributed by atoms with van der Waals surface area (Å²) in [6.07, 6.45) is -4.78. The molecule has 1 aromatic carbocycles. The monoisotopic (exact) mass is 470 g/mol. The summed E-state index contributed by atoms with van der Waals surface area (Å²) in [4.78, 5) is 24.3. The number of ether oxygens (including phenoxy) is 1. The Morgan fingerprint density at radius 1 is 1.22 bits per heavy atom. The van der Waals surface area contributed by atoms with E-state index >= 15 is 0 Å². The topological polar surface area (TPSA) is 189 Å². The first kappa shape index (κ1) is 23.2. The number of piperidine rings is 1. The van der Waals surface area contributed by atoms with E-state index in [1.54, 1.807) is 12.1 Å². The van der Waals surface area contributed by atoms with Gasteiger partial charge in [-0.2, -0.15) is 0 Å². The van der Waals surface area contributed by atoms with Crippen molar-refractivity contribution in [1.82, 2.24) is 5.32 Å². The van der Waals surface area contributed by atoms with Crippen LogP contribution in [-0.4, -0.2) is 103 Å². The number of carbonyl (C=O) groups excluding carboxylic acids is 1. The van der Waals surface area contributed by atoms with Crippen molar-refractivity contribution >= 4 is 29.4 Å². The molecule has 2 saturated heterocycles. The molecule has 3 aliphatic rings. The molecular formula is C20H26N2O9S. The Labute approximate surface area is 187 Å². The van der Waals surface area contributed by atoms with E-state index in [1.165, 1.54) is 6.07 Å². The summed E-state index contributed by atoms with van der Waals surface area (Å²) in [5.74, 6) is -2.04. The lowest BCUT2D eigenvalue weighted by atomic mass is 9.83. The molecular weight excluding hydrogens is 444 g/mol. The van der Waals surface area contributed by atoms with Crippen LogP contribution in [0.4, 0.5) is 5.69 Å². The van der Waals surface area contributed by atoms with Crippen molar-refractivity contribution in [2.75, 3.05) is 18.5 Å². The van der Waals surface area contributed by atoms with Gasteiger partial charge in [0.05, 0.1) is 42.3 Å². The Morgan fingerprint density at radius 2 is 1.97 bits per heavy atom. The molecule has 4 rings (SSSR count). The van der Waals surface area contributed by atoms with Gasteiger partial charge in [-0.25, -0.2) is 0 Å². The van der Waals surface area contributed by atoms with Gasteiger partial charge in [0.25, 0.3) is 0 Å². The number of β-amino-alcohol motifs (C(OH)–C–C–N with tert-alkyl or cyclic N) is 1. The average molecular weight is 471 g/mol. The molecule has 0 aromatic heterocycles. The fourth-order valence-corrected chi connectivity index (χ4v) is 6.07. The van der Waals surface area contributed by atoms with Crippen LogP contribution in [-0.2, 0) is 9.59 Å². The van der Waals surface area contributed by atoms with Gasteiger partial charge in [-0.15, -0.1) is 11.8 Å². The predicted molar refractivity (Wildman–Crippen MR) is 113 cm³/mol. The van der Waals surface area contributed by atoms with Gasteiger partial charge in [-0.1, -0.05) is 0 Å². The highest BCUT2D eigenvalue weighted by molar-refractivity contribution is 8.01. The highest BCUT2D eigenvalue weighted by Gasteiger charge is 2.48. The summed E-state index contributed by atoms with van der Waals surface area (Å²) in [5.41, 5.74) is 1.28. The van der Waals surface area contributed by atoms with E-state index in [4.69, 9.17) is 9.84 Å². The number of thioether (sulfide) groups is 1. The number of aliphatic carboxylic acids is 1. The summed E-state index contributed by atoms with van der Waals surface area (Å²) in [6, 6.07) is 3.31. The van der Waals surface area contributed by atoms with Crippen LogP contribution in [0.1, 0.15) is 17.9 Å². The lowest BCUT2D eigenvalue weighted by Gasteiger charge is -2.37. The van der Waals surface area contributed by atoms with Crippen LogP contribution in [0.2, 0.25) is 0 Å². The number of hydrogen-bond donors (Lipinski definition) is 8. The molecule has 0 bridgehead atoms. The van der Waals surface area contributed by atoms with Gasteiger partial charge in [0.2, 0.25) is 0 Å². The van der Waals surface area contributed by atoms with Crippen molar-refractivity contribution in [3.8, 4) is 5.75 Å². The Hall–Kier alpha value is -1.93. The molecule has 0 amide bonds. The van der Waals surface area contributed by atoms with Gasteiger partial charge in [-0.05, 0) is 30.2 Å². The number of nitrogens with one attached hydrogen (secondary N) is 2. The minimum Gasteiger partial charge on any atom is -0.480 e. The van der Waals surface area contributed by atoms with E-state index in [9.17, 15) is 35.1 Å². The van der Waals surface area contributed by atoms with Crippen molar-refractivity contribution in [1.29, 1.82) is 0 Å². The number of rotatable bonds is 5. The zero-order valence-corrected chi connectivity index (χ0v) is 17.7. The second-order valence-electron chi connectivity index (χ2n) is 8.29. The van der Waals surface area contributed by atoms with Crippen molar-refractivity contribution in [3.05, 3.63) is 23.8 Å². The first-order valence-corrected chi connectivity index (χ1v) is 11.2. The van der Waals surface area contributed by atoms with Gasteiger partial charge in [-0.3, -0.25) is 9.59 Å². The van der Waals surface area contributed by atoms with Crippen LogP contribution in [0.25, 0.3) is 0 Å². The third-order valence-corrected chi connectivity index (χ3v) is 7.85. The maximum Gasteiger partial charge on any atom is 0.324 e. The zero-order chi connectivity index (χ0) is 23.2. The largest absolute Gasteiger partial charge is 0.480 e. The van der Waals surface area contributed by atoms with Crippen molar-refractivity contribution in [3.63, 3.8) is 0 Å². The second-order valence-corrected chi connectivity index (χ2v) is 9.68. The Kier molecular flexibility index (Phi) is 6.63. The smallest absolute Gasteiger partial charge is 0.324 e. The highest BCUT2D eigenvalue weighted by Crippen LogP contribution is 2.43. The predicted octanol–water partition coefficient (Wildman–Crippen LogP) is -2.16. The van der Waals surface area contributed by atoms with Crippen molar-refractivity contribution in [2.45, 2.75) is 59.3 Å². The SMILES string of the molecule is O=C(Oc1ccc2c(c1)C1C(O)CNC(C(=O)O)C1N2)C1CC(O)C(O)C(C(O)CO)S1. The average Bonchev–Trinajstić information content (AvgIpc) is 3.14. The molecule has 32 heavy (non-hydrogen) atoms. The van der Waals surface area contributed by atoms with Crippen LogP contribution in [0, 0.1) is 0 Å². The molecule has 2 fully saturated rings. The van der Waals surface area contributed by atoms with E-state index in [2.05, 4.69) is 10.6 Å². The van der Waals surface area contributed by atoms with Crippen LogP contribution in [0.15, 0.2) is 18.2 Å². The third-order valence-electron chi connectivity index (χ3n) is 6.23. The summed E-state index contributed by atoms with van der Waals surface area (Å²) in [6.45, 7) is -0.519. The molecule has 0 saturated carbocycles. The Balaban J connectivity index is 1.50. The first-order valence-electron chi connectivity index (χ1n) is 10.3. The summed E-state index contributed by atoms with van der Waals surface area (Å²) in [5, 5.41) is 63.2. The number of carboxylic acid groups (broad SMARTS) is 1. The quantitative estimate of drug-likeness (QED) is 0.172. The Bertz CT molecular complexity index is 887. The van der Waals surface area contributed by atoms with E-state index in [1.807, 2.05) is 0 Å². The van der Waals surface area contributed by atoms with E-state index < -0.39 is 71.5 Å². The minimum atomic E-state index is -1.31. The number of anilines is 1. The molecule has 12 heteroatoms. The number of carbonyl (C=O) groups is 2. The highest BCUT2D eigenvalue weighted by atomic mass is 32.2. The molecule has 8 N–H and O–H groups in total. The first-order chi connectivity index (χ1) is 15.2. The number of carboxylic acids is 1. The standard InChI is InChI=1S/C20H26N2O9S/c23-6-12(26)18-17(27)10(24)4-13(32-18)20(30)31-7-1-2-9-8(3-7)14-11(25)5-21-16(19(28)29)15(14)22-9/h1-3,10-18,21-27H,4-6H2,(H,28,29). The van der Waals surface area contributed by atoms with Crippen LogP contribution >= 0.6 is 11.8 Å². The maximum absolute atomic E-state index is 12.7. The van der Waals surface area contributed by atoms with Gasteiger partial charge < -0.3 is 46.0 Å². The molecule has 11 nitrogen and oxygen atoms in total. The number of esters is 1. The van der Waals surface area contributed by atoms with E-state index in [0.717, 1.165) is 11.8 Å². The fourth-order valence-electron chi connectivity index (χ4n) is 4.61. The zero-order valence-electron chi connectivity index (χ0n) is 16.9. The van der Waals surface area contributed by atoms with Crippen molar-refractivity contribution in [2.24, 2.45) is 0 Å². The maximum atomic E-state index is 12.7. The summed E-state index contributed by atoms with van der Waals surface area (Å²) < 4.78 is 5.48. The third kappa shape index (κ3) is 4.19. The molecule has 9 unspecified atom stereocenters. The normalized spacial score (nSPS) is 37.0. The number of fused-ring (bicyclic) bond motifs is 3. The van der Waals surface area contributed by atoms with Gasteiger partial charge in [0, 0.05) is 18.2 Å². The molecule has 0 aliphatic carbocycles. The number of aliphatic hydroxyl groups is 5. The molecule has 0 spiro atoms. The molecule has 9 atom stereocenters. The van der Waals surface area contributed by atoms with Gasteiger partial charge in [0.15, 0.2) is 0 Å². The molecule has 0 radical (unpaired) electrons. The fraction of sp³-hybridized carbons (Fsp3) is 0.600. The second kappa shape index (κ2) is 9.14. The Morgan fingerprint density at radius 3 is 2.66 bits per heavy atom. The van der Waals surface area contributed by atoms with E-state index in [0.29, 0.717) is 11.3 Å². The number of hydrogen-bond acceptors (Lipinski definition) is 11. The molecule has 176 valence electrons. The molecule has 1 aromatic rings. The molecule has 3 heterocycles. The van der Waals surface area contributed by atoms with Crippen molar-refractivity contribution < 1.29 is 45.0 Å². The summed E-state index contributed by atoms with van der Waals surface area (Å²) >= 11 is 0.930. The minimum absolute atomic E-state index is 0.0822. The van der Waals surface area contributed by atoms with Gasteiger partial charge in [0.1, 0.15) is 17.0 Å². The van der Waals surface area contributed by atoms with Crippen LogP contribution < -0.4 is 15.4 Å². The van der Waals surface area contributed by atoms with E-state index in [-0.39, 0.29) is 18.7 Å². The number of aliphatic hydroxyl groups excluding tert-OH is 5. The lowest BCUT2D eigenvalue weighted by molar-refractivity contribution is -0.141. The number of benzene rings is 1. The molecule has 3 aliphatic heterocycles.